The van der Waals surface area contributed by atoms with Crippen molar-refractivity contribution in [2.45, 2.75) is 18.9 Å². The molecular weight excluding hydrogens is 411 g/mol. The van der Waals surface area contributed by atoms with E-state index in [2.05, 4.69) is 14.9 Å². The van der Waals surface area contributed by atoms with Crippen LogP contribution in [0.3, 0.4) is 0 Å². The molecule has 2 aromatic rings. The average molecular weight is 429 g/mol. The lowest BCUT2D eigenvalue weighted by Crippen LogP contribution is -2.34. The Morgan fingerprint density at radius 1 is 1.46 bits per heavy atom. The minimum Gasteiger partial charge on any atom is -0.490 e. The number of anilines is 1. The molecule has 1 aromatic heterocycles. The highest BCUT2D eigenvalue weighted by Gasteiger charge is 2.27. The molecule has 1 aromatic carbocycles. The molecule has 1 fully saturated rings. The molecule has 0 unspecified atom stereocenters. The van der Waals surface area contributed by atoms with E-state index in [0.29, 0.717) is 0 Å². The van der Waals surface area contributed by atoms with Crippen LogP contribution >= 0.6 is 11.6 Å². The van der Waals surface area contributed by atoms with Gasteiger partial charge in [-0.2, -0.15) is 0 Å². The first kappa shape index (κ1) is 20.3. The first-order chi connectivity index (χ1) is 13.2. The van der Waals surface area contributed by atoms with Crippen molar-refractivity contribution in [1.82, 2.24) is 14.7 Å². The van der Waals surface area contributed by atoms with Crippen molar-refractivity contribution in [3.63, 3.8) is 0 Å². The fourth-order valence-electron chi connectivity index (χ4n) is 2.99. The number of ether oxygens (including phenoxy) is 1. The van der Waals surface area contributed by atoms with Gasteiger partial charge in [-0.1, -0.05) is 11.6 Å². The summed E-state index contributed by atoms with van der Waals surface area (Å²) in [5, 5.41) is 0.00614. The highest BCUT2D eigenvalue weighted by atomic mass is 35.5. The second-order valence-corrected chi connectivity index (χ2v) is 8.49. The van der Waals surface area contributed by atoms with Gasteiger partial charge in [-0.3, -0.25) is 4.79 Å². The third-order valence-corrected chi connectivity index (χ3v) is 5.06. The summed E-state index contributed by atoms with van der Waals surface area (Å²) in [5.41, 5.74) is -0.480. The summed E-state index contributed by atoms with van der Waals surface area (Å²) >= 11 is 6.10. The van der Waals surface area contributed by atoms with Crippen LogP contribution < -0.4 is 14.4 Å². The van der Waals surface area contributed by atoms with Crippen LogP contribution in [0.25, 0.3) is 0 Å². The van der Waals surface area contributed by atoms with Crippen molar-refractivity contribution in [3.8, 4) is 5.75 Å². The summed E-state index contributed by atoms with van der Waals surface area (Å²) in [5.74, 6) is -1.17. The predicted molar refractivity (Wildman–Crippen MR) is 102 cm³/mol. The van der Waals surface area contributed by atoms with Gasteiger partial charge < -0.3 is 9.64 Å². The number of hydrogen-bond acceptors (Lipinski definition) is 7. The second kappa shape index (κ2) is 8.27. The first-order valence-electron chi connectivity index (χ1n) is 8.41. The van der Waals surface area contributed by atoms with Crippen molar-refractivity contribution in [1.29, 1.82) is 0 Å². The molecule has 11 heteroatoms. The van der Waals surface area contributed by atoms with Crippen LogP contribution in [0.2, 0.25) is 5.02 Å². The largest absolute Gasteiger partial charge is 0.490 e. The third-order valence-electron chi connectivity index (χ3n) is 4.21. The number of carbonyl (C=O) groups excluding carboxylic acids is 1. The summed E-state index contributed by atoms with van der Waals surface area (Å²) in [4.78, 5) is 22.1. The van der Waals surface area contributed by atoms with E-state index in [1.165, 1.54) is 6.33 Å². The highest BCUT2D eigenvalue weighted by molar-refractivity contribution is 7.89. The van der Waals surface area contributed by atoms with Gasteiger partial charge in [0.1, 0.15) is 30.3 Å². The van der Waals surface area contributed by atoms with Gasteiger partial charge in [-0.15, -0.1) is 0 Å². The van der Waals surface area contributed by atoms with E-state index >= 15 is 0 Å². The number of carbonyl (C=O) groups is 1. The van der Waals surface area contributed by atoms with Crippen molar-refractivity contribution < 1.29 is 22.3 Å². The number of hydrogen-bond donors (Lipinski definition) is 1. The van der Waals surface area contributed by atoms with E-state index in [1.807, 2.05) is 0 Å². The first-order valence-corrected chi connectivity index (χ1v) is 10.7. The van der Waals surface area contributed by atoms with Crippen molar-refractivity contribution in [2.75, 3.05) is 24.3 Å². The minimum absolute atomic E-state index is 0.00614. The van der Waals surface area contributed by atoms with Gasteiger partial charge in [0.2, 0.25) is 10.0 Å². The lowest BCUT2D eigenvalue weighted by molar-refractivity contribution is 0.0977. The quantitative estimate of drug-likeness (QED) is 0.750. The summed E-state index contributed by atoms with van der Waals surface area (Å²) < 4.78 is 44.0. The van der Waals surface area contributed by atoms with Gasteiger partial charge >= 0.3 is 0 Å². The number of nitrogens with zero attached hydrogens (tertiary/aromatic N) is 3. The monoisotopic (exact) mass is 428 g/mol. The molecule has 1 aliphatic rings. The fraction of sp³-hybridized carbons (Fsp3) is 0.353. The van der Waals surface area contributed by atoms with Crippen LogP contribution in [0.4, 0.5) is 10.2 Å². The van der Waals surface area contributed by atoms with E-state index in [9.17, 15) is 17.6 Å². The number of aromatic nitrogens is 2. The third kappa shape index (κ3) is 4.87. The normalized spacial score (nSPS) is 16.8. The van der Waals surface area contributed by atoms with E-state index in [0.717, 1.165) is 43.6 Å². The minimum atomic E-state index is -3.82. The number of halogens is 2. The Kier molecular flexibility index (Phi) is 5.99. The van der Waals surface area contributed by atoms with Crippen LogP contribution in [0.1, 0.15) is 23.2 Å². The zero-order valence-electron chi connectivity index (χ0n) is 14.9. The molecule has 0 bridgehead atoms. The van der Waals surface area contributed by atoms with Gasteiger partial charge in [-0.05, 0) is 25.0 Å². The molecule has 1 amide bonds. The molecule has 0 aliphatic carbocycles. The molecule has 150 valence electrons. The highest BCUT2D eigenvalue weighted by Crippen LogP contribution is 2.30. The molecule has 3 rings (SSSR count). The molecule has 1 aliphatic heterocycles. The SMILES string of the molecule is CS(=O)(=O)NC(=O)c1cc(Cl)c(OC[C@H]2CCCN2c2ccncn2)cc1F. The van der Waals surface area contributed by atoms with Crippen molar-refractivity contribution in [2.24, 2.45) is 0 Å². The Morgan fingerprint density at radius 2 is 2.25 bits per heavy atom. The zero-order chi connectivity index (χ0) is 20.3. The lowest BCUT2D eigenvalue weighted by atomic mass is 10.2. The Bertz CT molecular complexity index is 975. The number of rotatable bonds is 6. The number of amides is 1. The summed E-state index contributed by atoms with van der Waals surface area (Å²) in [6.45, 7) is 1.07. The Morgan fingerprint density at radius 3 is 2.93 bits per heavy atom. The topological polar surface area (TPSA) is 101 Å². The number of sulfonamides is 1. The maximum absolute atomic E-state index is 14.3. The van der Waals surface area contributed by atoms with Crippen LogP contribution in [0, 0.1) is 5.82 Å². The van der Waals surface area contributed by atoms with Gasteiger partial charge in [0.25, 0.3) is 5.91 Å². The van der Waals surface area contributed by atoms with Gasteiger partial charge in [0.15, 0.2) is 0 Å². The fourth-order valence-corrected chi connectivity index (χ4v) is 3.65. The molecule has 0 radical (unpaired) electrons. The number of nitrogens with one attached hydrogen (secondary N) is 1. The molecule has 0 spiro atoms. The Balaban J connectivity index is 1.71. The van der Waals surface area contributed by atoms with Gasteiger partial charge in [0, 0.05) is 18.8 Å². The van der Waals surface area contributed by atoms with E-state index in [4.69, 9.17) is 16.3 Å². The molecule has 8 nitrogen and oxygen atoms in total. The Labute approximate surface area is 166 Å². The van der Waals surface area contributed by atoms with Gasteiger partial charge in [0.05, 0.1) is 22.9 Å². The van der Waals surface area contributed by atoms with E-state index in [1.54, 1.807) is 17.0 Å². The maximum atomic E-state index is 14.3. The summed E-state index contributed by atoms with van der Waals surface area (Å²) in [7, 11) is -3.82. The van der Waals surface area contributed by atoms with E-state index in [-0.39, 0.29) is 23.4 Å². The van der Waals surface area contributed by atoms with Gasteiger partial charge in [-0.25, -0.2) is 27.5 Å². The summed E-state index contributed by atoms with van der Waals surface area (Å²) in [6, 6.07) is 3.86. The average Bonchev–Trinajstić information content (AvgIpc) is 3.10. The van der Waals surface area contributed by atoms with Crippen molar-refractivity contribution >= 4 is 33.3 Å². The van der Waals surface area contributed by atoms with Crippen LogP contribution in [0.5, 0.6) is 5.75 Å². The molecule has 28 heavy (non-hydrogen) atoms. The molecule has 1 N–H and O–H groups in total. The van der Waals surface area contributed by atoms with Crippen LogP contribution in [-0.2, 0) is 10.0 Å². The van der Waals surface area contributed by atoms with E-state index < -0.39 is 27.3 Å². The zero-order valence-corrected chi connectivity index (χ0v) is 16.5. The standard InChI is InChI=1S/C17H18ClFN4O4S/c1-28(25,26)22-17(24)12-7-13(18)15(8-14(12)19)27-9-11-3-2-6-23(11)16-4-5-20-10-21-16/h4-5,7-8,10-11H,2-3,6,9H2,1H3,(H,22,24)/t11-/m1/s1. The second-order valence-electron chi connectivity index (χ2n) is 6.33. The number of benzene rings is 1. The van der Waals surface area contributed by atoms with Crippen LogP contribution in [0.15, 0.2) is 30.7 Å². The molecule has 1 atom stereocenters. The lowest BCUT2D eigenvalue weighted by Gasteiger charge is -2.25. The smallest absolute Gasteiger partial charge is 0.267 e. The maximum Gasteiger partial charge on any atom is 0.267 e. The van der Waals surface area contributed by atoms with Crippen LogP contribution in [-0.4, -0.2) is 49.7 Å². The molecular formula is C17H18ClFN4O4S. The van der Waals surface area contributed by atoms with Crippen molar-refractivity contribution in [3.05, 3.63) is 47.1 Å². The predicted octanol–water partition coefficient (Wildman–Crippen LogP) is 2.01. The molecule has 0 saturated carbocycles. The summed E-state index contributed by atoms with van der Waals surface area (Å²) in [6.07, 6.45) is 5.76. The molecule has 2 heterocycles. The Hall–Kier alpha value is -2.46. The molecule has 1 saturated heterocycles.